The second-order valence-electron chi connectivity index (χ2n) is 6.53. The van der Waals surface area contributed by atoms with E-state index in [1.165, 1.54) is 11.8 Å². The smallest absolute Gasteiger partial charge is 0.252 e. The van der Waals surface area contributed by atoms with Crippen LogP contribution in [0, 0.1) is 11.3 Å². The number of hydrogen-bond acceptors (Lipinski definition) is 4. The minimum atomic E-state index is -0.172. The van der Waals surface area contributed by atoms with Crippen molar-refractivity contribution in [3.63, 3.8) is 0 Å². The molecule has 0 aliphatic carbocycles. The third-order valence-corrected chi connectivity index (χ3v) is 6.14. The maximum absolute atomic E-state index is 13.1. The zero-order valence-electron chi connectivity index (χ0n) is 15.4. The van der Waals surface area contributed by atoms with Gasteiger partial charge in [0.25, 0.3) is 5.91 Å². The summed E-state index contributed by atoms with van der Waals surface area (Å²) in [5.74, 6) is 0.469. The van der Waals surface area contributed by atoms with Crippen LogP contribution >= 0.6 is 23.4 Å². The maximum Gasteiger partial charge on any atom is 0.252 e. The lowest BCUT2D eigenvalue weighted by atomic mass is 10.00. The number of rotatable bonds is 4. The predicted octanol–water partition coefficient (Wildman–Crippen LogP) is 5.62. The molecule has 1 aliphatic heterocycles. The highest BCUT2D eigenvalue weighted by Gasteiger charge is 2.26. The Morgan fingerprint density at radius 2 is 1.83 bits per heavy atom. The Labute approximate surface area is 178 Å². The number of nitriles is 1. The van der Waals surface area contributed by atoms with E-state index in [9.17, 15) is 10.1 Å². The number of carbonyl (C=O) groups is 1. The second-order valence-corrected chi connectivity index (χ2v) is 8.02. The van der Waals surface area contributed by atoms with Crippen LogP contribution in [0.5, 0.6) is 5.75 Å². The average molecular weight is 421 g/mol. The number of halogens is 1. The molecule has 0 saturated carbocycles. The second kappa shape index (κ2) is 8.60. The van der Waals surface area contributed by atoms with Gasteiger partial charge in [-0.1, -0.05) is 59.8 Å². The molecule has 1 N–H and O–H groups in total. The number of benzene rings is 3. The SMILES string of the molecule is N#Cc1ccccc1Sc1ccccc1C(=O)NC1CCOc2c(Cl)cccc21. The molecule has 0 radical (unpaired) electrons. The van der Waals surface area contributed by atoms with Crippen molar-refractivity contribution in [3.8, 4) is 11.8 Å². The minimum Gasteiger partial charge on any atom is -0.492 e. The summed E-state index contributed by atoms with van der Waals surface area (Å²) in [6, 6.07) is 22.4. The van der Waals surface area contributed by atoms with Crippen LogP contribution in [0.4, 0.5) is 0 Å². The molecular weight excluding hydrogens is 404 g/mol. The van der Waals surface area contributed by atoms with Crippen molar-refractivity contribution in [2.45, 2.75) is 22.3 Å². The van der Waals surface area contributed by atoms with E-state index in [4.69, 9.17) is 16.3 Å². The fraction of sp³-hybridized carbons (Fsp3) is 0.130. The molecule has 0 fully saturated rings. The molecule has 6 heteroatoms. The average Bonchev–Trinajstić information content (AvgIpc) is 2.75. The molecule has 0 bridgehead atoms. The van der Waals surface area contributed by atoms with Crippen molar-refractivity contribution in [1.82, 2.24) is 5.32 Å². The Hall–Kier alpha value is -2.94. The Balaban J connectivity index is 1.60. The highest BCUT2D eigenvalue weighted by atomic mass is 35.5. The molecule has 0 aromatic heterocycles. The summed E-state index contributed by atoms with van der Waals surface area (Å²) in [5.41, 5.74) is 2.04. The molecular formula is C23H17ClN2O2S. The van der Waals surface area contributed by atoms with Gasteiger partial charge in [-0.15, -0.1) is 0 Å². The maximum atomic E-state index is 13.1. The standard InChI is InChI=1S/C23H17ClN2O2S/c24-18-9-5-8-16-19(12-13-28-22(16)18)26-23(27)17-7-2-4-11-21(17)29-20-10-3-1-6-15(20)14-25/h1-11,19H,12-13H2,(H,26,27). The third kappa shape index (κ3) is 4.09. The van der Waals surface area contributed by atoms with E-state index >= 15 is 0 Å². The number of nitrogens with zero attached hydrogens (tertiary/aromatic N) is 1. The van der Waals surface area contributed by atoms with Gasteiger partial charge >= 0.3 is 0 Å². The van der Waals surface area contributed by atoms with E-state index < -0.39 is 0 Å². The highest BCUT2D eigenvalue weighted by molar-refractivity contribution is 7.99. The van der Waals surface area contributed by atoms with Crippen LogP contribution in [0.3, 0.4) is 0 Å². The Bertz CT molecular complexity index is 1110. The number of para-hydroxylation sites is 1. The van der Waals surface area contributed by atoms with E-state index in [-0.39, 0.29) is 11.9 Å². The van der Waals surface area contributed by atoms with Gasteiger partial charge in [0.15, 0.2) is 0 Å². The molecule has 1 heterocycles. The Morgan fingerprint density at radius 3 is 2.66 bits per heavy atom. The molecule has 4 nitrogen and oxygen atoms in total. The van der Waals surface area contributed by atoms with Crippen LogP contribution in [0.1, 0.15) is 33.9 Å². The van der Waals surface area contributed by atoms with Gasteiger partial charge in [-0.25, -0.2) is 0 Å². The van der Waals surface area contributed by atoms with E-state index in [0.29, 0.717) is 34.9 Å². The molecule has 0 saturated heterocycles. The van der Waals surface area contributed by atoms with Gasteiger partial charge in [-0.2, -0.15) is 5.26 Å². The first-order valence-electron chi connectivity index (χ1n) is 9.15. The summed E-state index contributed by atoms with van der Waals surface area (Å²) in [5, 5.41) is 13.0. The highest BCUT2D eigenvalue weighted by Crippen LogP contribution is 2.38. The largest absolute Gasteiger partial charge is 0.492 e. The van der Waals surface area contributed by atoms with Crippen LogP contribution < -0.4 is 10.1 Å². The predicted molar refractivity (Wildman–Crippen MR) is 113 cm³/mol. The first kappa shape index (κ1) is 19.4. The zero-order valence-corrected chi connectivity index (χ0v) is 17.0. The summed E-state index contributed by atoms with van der Waals surface area (Å²) in [7, 11) is 0. The van der Waals surface area contributed by atoms with Crippen LogP contribution in [0.25, 0.3) is 0 Å². The van der Waals surface area contributed by atoms with Crippen LogP contribution in [0.2, 0.25) is 5.02 Å². The summed E-state index contributed by atoms with van der Waals surface area (Å²) in [6.45, 7) is 0.494. The van der Waals surface area contributed by atoms with Crippen molar-refractivity contribution in [3.05, 3.63) is 88.4 Å². The summed E-state index contributed by atoms with van der Waals surface area (Å²) >= 11 is 7.65. The minimum absolute atomic E-state index is 0.166. The Morgan fingerprint density at radius 1 is 1.07 bits per heavy atom. The molecule has 3 aromatic carbocycles. The number of carbonyl (C=O) groups excluding carboxylic acids is 1. The van der Waals surface area contributed by atoms with Crippen LogP contribution in [0.15, 0.2) is 76.5 Å². The van der Waals surface area contributed by atoms with Gasteiger partial charge in [-0.3, -0.25) is 4.79 Å². The molecule has 4 rings (SSSR count). The molecule has 3 aromatic rings. The van der Waals surface area contributed by atoms with E-state index in [1.807, 2.05) is 48.5 Å². The number of hydrogen-bond donors (Lipinski definition) is 1. The fourth-order valence-electron chi connectivity index (χ4n) is 3.28. The molecule has 0 spiro atoms. The monoisotopic (exact) mass is 420 g/mol. The lowest BCUT2D eigenvalue weighted by molar-refractivity contribution is 0.0922. The van der Waals surface area contributed by atoms with Crippen LogP contribution in [-0.4, -0.2) is 12.5 Å². The van der Waals surface area contributed by atoms with Crippen molar-refractivity contribution in [1.29, 1.82) is 5.26 Å². The molecule has 1 unspecified atom stereocenters. The third-order valence-electron chi connectivity index (χ3n) is 4.69. The van der Waals surface area contributed by atoms with Gasteiger partial charge in [-0.05, 0) is 30.3 Å². The summed E-state index contributed by atoms with van der Waals surface area (Å²) in [4.78, 5) is 14.7. The lowest BCUT2D eigenvalue weighted by Gasteiger charge is -2.27. The van der Waals surface area contributed by atoms with Gasteiger partial charge in [0.2, 0.25) is 0 Å². The van der Waals surface area contributed by atoms with Gasteiger partial charge in [0.1, 0.15) is 11.8 Å². The number of ether oxygens (including phenoxy) is 1. The quantitative estimate of drug-likeness (QED) is 0.595. The van der Waals surface area contributed by atoms with E-state index in [1.54, 1.807) is 18.2 Å². The van der Waals surface area contributed by atoms with Gasteiger partial charge < -0.3 is 10.1 Å². The zero-order chi connectivity index (χ0) is 20.2. The number of nitrogens with one attached hydrogen (secondary N) is 1. The number of fused-ring (bicyclic) bond motifs is 1. The van der Waals surface area contributed by atoms with E-state index in [2.05, 4.69) is 11.4 Å². The van der Waals surface area contributed by atoms with Gasteiger partial charge in [0, 0.05) is 21.8 Å². The Kier molecular flexibility index (Phi) is 5.75. The molecule has 1 atom stereocenters. The summed E-state index contributed by atoms with van der Waals surface area (Å²) < 4.78 is 5.68. The molecule has 144 valence electrons. The van der Waals surface area contributed by atoms with Gasteiger partial charge in [0.05, 0.1) is 28.8 Å². The molecule has 1 aliphatic rings. The topological polar surface area (TPSA) is 62.1 Å². The normalized spacial score (nSPS) is 15.0. The molecule has 29 heavy (non-hydrogen) atoms. The van der Waals surface area contributed by atoms with Crippen molar-refractivity contribution in [2.75, 3.05) is 6.61 Å². The fourth-order valence-corrected chi connectivity index (χ4v) is 4.54. The van der Waals surface area contributed by atoms with Crippen molar-refractivity contribution >= 4 is 29.3 Å². The van der Waals surface area contributed by atoms with Crippen molar-refractivity contribution in [2.24, 2.45) is 0 Å². The number of amides is 1. The summed E-state index contributed by atoms with van der Waals surface area (Å²) in [6.07, 6.45) is 0.672. The van der Waals surface area contributed by atoms with Crippen LogP contribution in [-0.2, 0) is 0 Å². The first-order chi connectivity index (χ1) is 14.2. The van der Waals surface area contributed by atoms with E-state index in [0.717, 1.165) is 15.4 Å². The lowest BCUT2D eigenvalue weighted by Crippen LogP contribution is -2.32. The molecule has 1 amide bonds. The first-order valence-corrected chi connectivity index (χ1v) is 10.3. The van der Waals surface area contributed by atoms with Crippen molar-refractivity contribution < 1.29 is 9.53 Å².